The van der Waals surface area contributed by atoms with E-state index in [9.17, 15) is 13.2 Å². The van der Waals surface area contributed by atoms with Crippen molar-refractivity contribution in [3.63, 3.8) is 0 Å². The molecule has 0 saturated heterocycles. The average molecular weight is 417 g/mol. The van der Waals surface area contributed by atoms with E-state index >= 15 is 0 Å². The van der Waals surface area contributed by atoms with Crippen LogP contribution in [-0.2, 0) is 21.7 Å². The molecular formula is C19H20N4O3S2. The maximum atomic E-state index is 12.3. The Morgan fingerprint density at radius 3 is 2.39 bits per heavy atom. The van der Waals surface area contributed by atoms with Gasteiger partial charge in [0.25, 0.3) is 0 Å². The number of hydrogen-bond acceptors (Lipinski definition) is 6. The van der Waals surface area contributed by atoms with E-state index in [1.165, 1.54) is 11.8 Å². The number of nitrogens with zero attached hydrogens (tertiary/aromatic N) is 3. The molecule has 0 atom stereocenters. The largest absolute Gasteiger partial charge is 0.326 e. The van der Waals surface area contributed by atoms with Gasteiger partial charge in [0.2, 0.25) is 5.91 Å². The van der Waals surface area contributed by atoms with Crippen molar-refractivity contribution in [2.24, 2.45) is 7.05 Å². The van der Waals surface area contributed by atoms with Crippen LogP contribution in [0.15, 0.2) is 69.8 Å². The Bertz CT molecular complexity index is 1060. The zero-order chi connectivity index (χ0) is 20.1. The van der Waals surface area contributed by atoms with Gasteiger partial charge in [0.15, 0.2) is 15.0 Å². The first-order valence-corrected chi connectivity index (χ1v) is 11.0. The number of benzene rings is 2. The average Bonchev–Trinajstić information content (AvgIpc) is 3.07. The molecule has 0 fully saturated rings. The molecular weight excluding hydrogens is 396 g/mol. The quantitative estimate of drug-likeness (QED) is 0.636. The Hall–Kier alpha value is -2.65. The number of sulfone groups is 1. The van der Waals surface area contributed by atoms with Crippen LogP contribution in [-0.4, -0.2) is 34.8 Å². The highest BCUT2D eigenvalue weighted by Crippen LogP contribution is 2.26. The molecule has 0 aliphatic heterocycles. The first-order valence-electron chi connectivity index (χ1n) is 8.55. The van der Waals surface area contributed by atoms with Crippen LogP contribution >= 0.6 is 11.8 Å². The minimum atomic E-state index is -3.48. The molecule has 1 aromatic heterocycles. The van der Waals surface area contributed by atoms with Gasteiger partial charge in [-0.15, -0.1) is 10.2 Å². The van der Waals surface area contributed by atoms with Gasteiger partial charge >= 0.3 is 0 Å². The molecule has 0 bridgehead atoms. The lowest BCUT2D eigenvalue weighted by Crippen LogP contribution is -2.17. The second-order valence-electron chi connectivity index (χ2n) is 6.28. The molecule has 0 unspecified atom stereocenters. The molecule has 1 heterocycles. The Kier molecular flexibility index (Phi) is 6.15. The second kappa shape index (κ2) is 8.57. The van der Waals surface area contributed by atoms with Crippen LogP contribution in [0.1, 0.15) is 12.0 Å². The van der Waals surface area contributed by atoms with Crippen LogP contribution in [0.4, 0.5) is 5.69 Å². The lowest BCUT2D eigenvalue weighted by Gasteiger charge is -2.07. The molecule has 0 radical (unpaired) electrons. The predicted octanol–water partition coefficient (Wildman–Crippen LogP) is 3.08. The molecule has 0 saturated carbocycles. The van der Waals surface area contributed by atoms with Crippen LogP contribution in [0.25, 0.3) is 0 Å². The second-order valence-corrected chi connectivity index (χ2v) is 9.43. The summed E-state index contributed by atoms with van der Waals surface area (Å²) in [4.78, 5) is 13.3. The zero-order valence-electron chi connectivity index (χ0n) is 15.5. The number of amides is 1. The molecule has 1 amide bonds. The van der Waals surface area contributed by atoms with Gasteiger partial charge in [0.05, 0.1) is 10.6 Å². The van der Waals surface area contributed by atoms with Crippen molar-refractivity contribution in [2.75, 3.05) is 11.1 Å². The minimum absolute atomic E-state index is 0.106. The standard InChI is InChI=1S/C19H20N4O3S2/c1-14-3-9-17(10-4-14)28(25,26)12-11-18(24)21-15-5-7-16(8-6-15)27-19-22-20-13-23(19)2/h3-10,13H,11-12H2,1-2H3,(H,21,24). The molecule has 0 spiro atoms. The Labute approximate surface area is 168 Å². The van der Waals surface area contributed by atoms with E-state index in [2.05, 4.69) is 15.5 Å². The van der Waals surface area contributed by atoms with Crippen LogP contribution in [0.3, 0.4) is 0 Å². The summed E-state index contributed by atoms with van der Waals surface area (Å²) in [6, 6.07) is 13.9. The van der Waals surface area contributed by atoms with E-state index in [1.807, 2.05) is 30.7 Å². The number of carbonyl (C=O) groups is 1. The number of aromatic nitrogens is 3. The van der Waals surface area contributed by atoms with E-state index in [4.69, 9.17) is 0 Å². The zero-order valence-corrected chi connectivity index (χ0v) is 17.1. The van der Waals surface area contributed by atoms with Crippen molar-refractivity contribution in [2.45, 2.75) is 28.3 Å². The maximum Gasteiger partial charge on any atom is 0.225 e. The van der Waals surface area contributed by atoms with Gasteiger partial charge in [-0.2, -0.15) is 0 Å². The molecule has 3 rings (SSSR count). The van der Waals surface area contributed by atoms with Crippen LogP contribution in [0.2, 0.25) is 0 Å². The fourth-order valence-electron chi connectivity index (χ4n) is 2.39. The van der Waals surface area contributed by atoms with Gasteiger partial charge in [-0.25, -0.2) is 8.42 Å². The Morgan fingerprint density at radius 2 is 1.79 bits per heavy atom. The van der Waals surface area contributed by atoms with Gasteiger partial charge in [-0.05, 0) is 55.1 Å². The third kappa shape index (κ3) is 5.20. The summed E-state index contributed by atoms with van der Waals surface area (Å²) >= 11 is 1.46. The molecule has 0 aliphatic carbocycles. The highest BCUT2D eigenvalue weighted by atomic mass is 32.2. The van der Waals surface area contributed by atoms with Crippen LogP contribution in [0.5, 0.6) is 0 Å². The van der Waals surface area contributed by atoms with Crippen molar-refractivity contribution in [1.29, 1.82) is 0 Å². The highest BCUT2D eigenvalue weighted by molar-refractivity contribution is 7.99. The number of rotatable bonds is 7. The van der Waals surface area contributed by atoms with Crippen molar-refractivity contribution >= 4 is 33.2 Å². The molecule has 146 valence electrons. The summed E-state index contributed by atoms with van der Waals surface area (Å²) in [6.45, 7) is 1.89. The number of aryl methyl sites for hydroxylation is 2. The minimum Gasteiger partial charge on any atom is -0.326 e. The van der Waals surface area contributed by atoms with Gasteiger partial charge in [-0.1, -0.05) is 17.7 Å². The van der Waals surface area contributed by atoms with E-state index in [1.54, 1.807) is 42.7 Å². The number of nitrogens with one attached hydrogen (secondary N) is 1. The number of anilines is 1. The monoisotopic (exact) mass is 416 g/mol. The van der Waals surface area contributed by atoms with Crippen LogP contribution in [0, 0.1) is 6.92 Å². The SMILES string of the molecule is Cc1ccc(S(=O)(=O)CCC(=O)Nc2ccc(Sc3nncn3C)cc2)cc1. The maximum absolute atomic E-state index is 12.3. The molecule has 3 aromatic rings. The summed E-state index contributed by atoms with van der Waals surface area (Å²) in [5.74, 6) is -0.577. The van der Waals surface area contributed by atoms with E-state index in [0.29, 0.717) is 5.69 Å². The lowest BCUT2D eigenvalue weighted by atomic mass is 10.2. The summed E-state index contributed by atoms with van der Waals surface area (Å²) in [6.07, 6.45) is 1.52. The lowest BCUT2D eigenvalue weighted by molar-refractivity contribution is -0.115. The third-order valence-electron chi connectivity index (χ3n) is 4.00. The highest BCUT2D eigenvalue weighted by Gasteiger charge is 2.16. The summed E-state index contributed by atoms with van der Waals surface area (Å²) in [7, 11) is -1.62. The Balaban J connectivity index is 1.54. The fraction of sp³-hybridized carbons (Fsp3) is 0.211. The number of carbonyl (C=O) groups excluding carboxylic acids is 1. The molecule has 1 N–H and O–H groups in total. The molecule has 2 aromatic carbocycles. The van der Waals surface area contributed by atoms with Crippen molar-refractivity contribution in [3.05, 3.63) is 60.4 Å². The van der Waals surface area contributed by atoms with Gasteiger partial charge in [0.1, 0.15) is 6.33 Å². The van der Waals surface area contributed by atoms with Crippen molar-refractivity contribution in [1.82, 2.24) is 14.8 Å². The molecule has 7 nitrogen and oxygen atoms in total. The van der Waals surface area contributed by atoms with Crippen molar-refractivity contribution in [3.8, 4) is 0 Å². The summed E-state index contributed by atoms with van der Waals surface area (Å²) < 4.78 is 26.5. The van der Waals surface area contributed by atoms with Gasteiger partial charge < -0.3 is 9.88 Å². The topological polar surface area (TPSA) is 93.9 Å². The third-order valence-corrected chi connectivity index (χ3v) is 6.79. The summed E-state index contributed by atoms with van der Waals surface area (Å²) in [5.41, 5.74) is 1.59. The molecule has 28 heavy (non-hydrogen) atoms. The van der Waals surface area contributed by atoms with E-state index in [0.717, 1.165) is 15.6 Å². The number of hydrogen-bond donors (Lipinski definition) is 1. The summed E-state index contributed by atoms with van der Waals surface area (Å²) in [5, 5.41) is 11.3. The van der Waals surface area contributed by atoms with E-state index < -0.39 is 9.84 Å². The Morgan fingerprint density at radius 1 is 1.11 bits per heavy atom. The van der Waals surface area contributed by atoms with E-state index in [-0.39, 0.29) is 23.0 Å². The van der Waals surface area contributed by atoms with Crippen LogP contribution < -0.4 is 5.32 Å². The molecule has 9 heteroatoms. The smallest absolute Gasteiger partial charge is 0.225 e. The fourth-order valence-corrected chi connectivity index (χ4v) is 4.39. The first kappa shape index (κ1) is 20.1. The van der Waals surface area contributed by atoms with Gasteiger partial charge in [-0.3, -0.25) is 4.79 Å². The molecule has 0 aliphatic rings. The predicted molar refractivity (Wildman–Crippen MR) is 108 cm³/mol. The normalized spacial score (nSPS) is 11.4. The van der Waals surface area contributed by atoms with Gasteiger partial charge in [0, 0.05) is 24.1 Å². The first-order chi connectivity index (χ1) is 13.3. The van der Waals surface area contributed by atoms with Crippen molar-refractivity contribution < 1.29 is 13.2 Å².